The molecule has 0 fully saturated rings. The summed E-state index contributed by atoms with van der Waals surface area (Å²) < 4.78 is 4.85. The third-order valence-electron chi connectivity index (χ3n) is 2.41. The average Bonchev–Trinajstić information content (AvgIpc) is 2.27. The fraction of sp³-hybridized carbons (Fsp3) is 0.462. The molecule has 0 spiro atoms. The van der Waals surface area contributed by atoms with Gasteiger partial charge in [-0.15, -0.1) is 0 Å². The third kappa shape index (κ3) is 5.71. The van der Waals surface area contributed by atoms with Crippen molar-refractivity contribution in [2.45, 2.75) is 32.2 Å². The first kappa shape index (κ1) is 14.0. The van der Waals surface area contributed by atoms with Gasteiger partial charge in [0.15, 0.2) is 0 Å². The summed E-state index contributed by atoms with van der Waals surface area (Å²) in [6.45, 7) is 2.21. The fourth-order valence-electron chi connectivity index (χ4n) is 1.61. The second-order valence-electron chi connectivity index (χ2n) is 3.94. The van der Waals surface area contributed by atoms with Crippen LogP contribution in [0.5, 0.6) is 0 Å². The summed E-state index contributed by atoms with van der Waals surface area (Å²) in [4.78, 5) is 11.2. The summed E-state index contributed by atoms with van der Waals surface area (Å²) in [7, 11) is 0. The number of hydrogen-bond acceptors (Lipinski definition) is 3. The third-order valence-corrected chi connectivity index (χ3v) is 2.65. The number of rotatable bonds is 6. The summed E-state index contributed by atoms with van der Waals surface area (Å²) in [6, 6.07) is 7.56. The Morgan fingerprint density at radius 3 is 2.94 bits per heavy atom. The van der Waals surface area contributed by atoms with Crippen LogP contribution in [0, 0.1) is 0 Å². The summed E-state index contributed by atoms with van der Waals surface area (Å²) in [5.74, 6) is -0.186. The highest BCUT2D eigenvalue weighted by atomic mass is 35.5. The maximum absolute atomic E-state index is 11.2. The van der Waals surface area contributed by atoms with Crippen LogP contribution in [0.25, 0.3) is 0 Å². The highest BCUT2D eigenvalue weighted by Crippen LogP contribution is 2.13. The number of carbonyl (C=O) groups excluding carboxylic acids is 1. The number of nitrogens with two attached hydrogens (primary N) is 1. The van der Waals surface area contributed by atoms with E-state index in [1.807, 2.05) is 24.3 Å². The molecule has 17 heavy (non-hydrogen) atoms. The lowest BCUT2D eigenvalue weighted by molar-refractivity contribution is -0.143. The van der Waals surface area contributed by atoms with Crippen LogP contribution < -0.4 is 5.73 Å². The number of ether oxygens (including phenoxy) is 1. The summed E-state index contributed by atoms with van der Waals surface area (Å²) in [5.41, 5.74) is 7.04. The van der Waals surface area contributed by atoms with E-state index >= 15 is 0 Å². The molecule has 1 unspecified atom stereocenters. The minimum atomic E-state index is -0.186. The van der Waals surface area contributed by atoms with Crippen LogP contribution in [-0.2, 0) is 16.0 Å². The van der Waals surface area contributed by atoms with Gasteiger partial charge in [0, 0.05) is 17.5 Å². The topological polar surface area (TPSA) is 52.3 Å². The van der Waals surface area contributed by atoms with Gasteiger partial charge in [-0.25, -0.2) is 0 Å². The van der Waals surface area contributed by atoms with E-state index in [1.165, 1.54) is 0 Å². The molecule has 0 aliphatic heterocycles. The molecule has 1 rings (SSSR count). The predicted molar refractivity (Wildman–Crippen MR) is 69.0 cm³/mol. The molecular weight excluding hydrogens is 238 g/mol. The lowest BCUT2D eigenvalue weighted by Crippen LogP contribution is -2.24. The largest absolute Gasteiger partial charge is 0.466 e. The normalized spacial score (nSPS) is 12.2. The van der Waals surface area contributed by atoms with Crippen molar-refractivity contribution in [2.24, 2.45) is 5.73 Å². The minimum Gasteiger partial charge on any atom is -0.466 e. The van der Waals surface area contributed by atoms with Crippen LogP contribution >= 0.6 is 11.6 Å². The van der Waals surface area contributed by atoms with Gasteiger partial charge in [-0.05, 0) is 37.5 Å². The van der Waals surface area contributed by atoms with Gasteiger partial charge in [0.2, 0.25) is 0 Å². The zero-order valence-electron chi connectivity index (χ0n) is 9.99. The van der Waals surface area contributed by atoms with Crippen LogP contribution in [0.15, 0.2) is 24.3 Å². The van der Waals surface area contributed by atoms with E-state index in [1.54, 1.807) is 6.92 Å². The first-order chi connectivity index (χ1) is 8.11. The molecule has 1 atom stereocenters. The van der Waals surface area contributed by atoms with Gasteiger partial charge >= 0.3 is 5.97 Å². The standard InChI is InChI=1S/C13H18ClNO2/c1-2-17-13(16)7-6-12(15)9-10-4-3-5-11(14)8-10/h3-5,8,12H,2,6-7,9,15H2,1H3. The van der Waals surface area contributed by atoms with E-state index in [4.69, 9.17) is 22.1 Å². The molecule has 0 heterocycles. The molecule has 0 bridgehead atoms. The highest BCUT2D eigenvalue weighted by Gasteiger charge is 2.08. The zero-order valence-corrected chi connectivity index (χ0v) is 10.7. The molecule has 0 amide bonds. The van der Waals surface area contributed by atoms with E-state index in [-0.39, 0.29) is 12.0 Å². The Bertz CT molecular complexity index is 368. The van der Waals surface area contributed by atoms with Gasteiger partial charge in [-0.3, -0.25) is 4.79 Å². The Kier molecular flexibility index (Phi) is 6.01. The molecule has 3 nitrogen and oxygen atoms in total. The maximum Gasteiger partial charge on any atom is 0.305 e. The molecule has 1 aromatic rings. The van der Waals surface area contributed by atoms with Crippen LogP contribution in [0.4, 0.5) is 0 Å². The van der Waals surface area contributed by atoms with Crippen molar-refractivity contribution in [1.29, 1.82) is 0 Å². The monoisotopic (exact) mass is 255 g/mol. The first-order valence-electron chi connectivity index (χ1n) is 5.77. The second kappa shape index (κ2) is 7.30. The van der Waals surface area contributed by atoms with Gasteiger partial charge in [0.05, 0.1) is 6.61 Å². The molecule has 2 N–H and O–H groups in total. The molecule has 0 aliphatic rings. The quantitative estimate of drug-likeness (QED) is 0.795. The molecule has 94 valence electrons. The highest BCUT2D eigenvalue weighted by molar-refractivity contribution is 6.30. The van der Waals surface area contributed by atoms with E-state index in [0.717, 1.165) is 12.0 Å². The zero-order chi connectivity index (χ0) is 12.7. The van der Waals surface area contributed by atoms with E-state index in [9.17, 15) is 4.79 Å². The lowest BCUT2D eigenvalue weighted by atomic mass is 10.0. The first-order valence-corrected chi connectivity index (χ1v) is 6.15. The summed E-state index contributed by atoms with van der Waals surface area (Å²) in [6.07, 6.45) is 1.72. The molecule has 0 aromatic heterocycles. The van der Waals surface area contributed by atoms with Gasteiger partial charge < -0.3 is 10.5 Å². The Labute approximate surface area is 107 Å². The predicted octanol–water partition coefficient (Wildman–Crippen LogP) is 2.55. The molecule has 0 radical (unpaired) electrons. The van der Waals surface area contributed by atoms with Crippen LogP contribution in [0.2, 0.25) is 5.02 Å². The molecule has 0 aliphatic carbocycles. The molecular formula is C13H18ClNO2. The SMILES string of the molecule is CCOC(=O)CCC(N)Cc1cccc(Cl)c1. The molecule has 4 heteroatoms. The average molecular weight is 256 g/mol. The Hall–Kier alpha value is -1.06. The van der Waals surface area contributed by atoms with Crippen molar-refractivity contribution in [3.8, 4) is 0 Å². The number of benzene rings is 1. The van der Waals surface area contributed by atoms with E-state index in [0.29, 0.717) is 24.5 Å². The van der Waals surface area contributed by atoms with Crippen LogP contribution in [0.1, 0.15) is 25.3 Å². The maximum atomic E-state index is 11.2. The fourth-order valence-corrected chi connectivity index (χ4v) is 1.82. The number of halogens is 1. The lowest BCUT2D eigenvalue weighted by Gasteiger charge is -2.11. The van der Waals surface area contributed by atoms with Crippen molar-refractivity contribution in [1.82, 2.24) is 0 Å². The van der Waals surface area contributed by atoms with E-state index < -0.39 is 0 Å². The van der Waals surface area contributed by atoms with Crippen molar-refractivity contribution >= 4 is 17.6 Å². The van der Waals surface area contributed by atoms with Crippen molar-refractivity contribution < 1.29 is 9.53 Å². The summed E-state index contributed by atoms with van der Waals surface area (Å²) >= 11 is 5.88. The van der Waals surface area contributed by atoms with Crippen molar-refractivity contribution in [3.05, 3.63) is 34.9 Å². The van der Waals surface area contributed by atoms with E-state index in [2.05, 4.69) is 0 Å². The minimum absolute atomic E-state index is 0.0436. The van der Waals surface area contributed by atoms with Crippen molar-refractivity contribution in [2.75, 3.05) is 6.61 Å². The molecule has 0 saturated heterocycles. The van der Waals surface area contributed by atoms with Crippen LogP contribution in [0.3, 0.4) is 0 Å². The van der Waals surface area contributed by atoms with Crippen LogP contribution in [-0.4, -0.2) is 18.6 Å². The second-order valence-corrected chi connectivity index (χ2v) is 4.37. The molecule has 1 aromatic carbocycles. The van der Waals surface area contributed by atoms with Gasteiger partial charge in [-0.2, -0.15) is 0 Å². The van der Waals surface area contributed by atoms with Gasteiger partial charge in [0.1, 0.15) is 0 Å². The van der Waals surface area contributed by atoms with Crippen molar-refractivity contribution in [3.63, 3.8) is 0 Å². The Balaban J connectivity index is 2.34. The van der Waals surface area contributed by atoms with Gasteiger partial charge in [-0.1, -0.05) is 23.7 Å². The number of esters is 1. The van der Waals surface area contributed by atoms with Gasteiger partial charge in [0.25, 0.3) is 0 Å². The number of carbonyl (C=O) groups is 1. The summed E-state index contributed by atoms with van der Waals surface area (Å²) in [5, 5.41) is 0.708. The number of hydrogen-bond donors (Lipinski definition) is 1. The smallest absolute Gasteiger partial charge is 0.305 e. The molecule has 0 saturated carbocycles. The Morgan fingerprint density at radius 1 is 1.53 bits per heavy atom. The Morgan fingerprint density at radius 2 is 2.29 bits per heavy atom.